The molecule has 1 aromatic heterocycles. The van der Waals surface area contributed by atoms with Gasteiger partial charge in [0, 0.05) is 7.05 Å². The van der Waals surface area contributed by atoms with Crippen molar-refractivity contribution in [3.05, 3.63) is 42.5 Å². The van der Waals surface area contributed by atoms with Crippen molar-refractivity contribution in [2.75, 3.05) is 12.1 Å². The van der Waals surface area contributed by atoms with Gasteiger partial charge in [0.25, 0.3) is 0 Å². The van der Waals surface area contributed by atoms with Crippen LogP contribution in [0.15, 0.2) is 36.9 Å². The van der Waals surface area contributed by atoms with E-state index in [1.165, 1.54) is 0 Å². The highest BCUT2D eigenvalue weighted by molar-refractivity contribution is 5.48. The van der Waals surface area contributed by atoms with Crippen molar-refractivity contribution in [2.24, 2.45) is 0 Å². The first-order valence-electron chi connectivity index (χ1n) is 4.40. The van der Waals surface area contributed by atoms with Crippen molar-refractivity contribution in [1.82, 2.24) is 14.9 Å². The molecular weight excluding hydrogens is 190 g/mol. The molecule has 5 nitrogen and oxygen atoms in total. The first-order valence-corrected chi connectivity index (χ1v) is 4.40. The molecule has 0 N–H and O–H groups in total. The fourth-order valence-corrected chi connectivity index (χ4v) is 1.24. The van der Waals surface area contributed by atoms with E-state index in [2.05, 4.69) is 16.3 Å². The minimum Gasteiger partial charge on any atom is -0.282 e. The molecule has 0 bridgehead atoms. The van der Waals surface area contributed by atoms with Gasteiger partial charge in [0.15, 0.2) is 0 Å². The van der Waals surface area contributed by atoms with Gasteiger partial charge in [0.2, 0.25) is 0 Å². The molecule has 0 saturated carbocycles. The average Bonchev–Trinajstić information content (AvgIpc) is 2.82. The number of benzene rings is 1. The minimum absolute atomic E-state index is 0.649. The highest BCUT2D eigenvalue weighted by Crippen LogP contribution is 2.13. The van der Waals surface area contributed by atoms with E-state index in [-0.39, 0.29) is 0 Å². The fourth-order valence-electron chi connectivity index (χ4n) is 1.24. The molecule has 15 heavy (non-hydrogen) atoms. The Kier molecular flexibility index (Phi) is 2.33. The van der Waals surface area contributed by atoms with Gasteiger partial charge in [-0.15, -0.1) is 10.2 Å². The lowest BCUT2D eigenvalue weighted by atomic mass is 10.2. The number of nitriles is 1. The second kappa shape index (κ2) is 3.80. The molecule has 1 heterocycles. The molecule has 0 atom stereocenters. The van der Waals surface area contributed by atoms with Crippen molar-refractivity contribution in [2.45, 2.75) is 0 Å². The highest BCUT2D eigenvalue weighted by Gasteiger charge is 2.01. The van der Waals surface area contributed by atoms with E-state index < -0.39 is 0 Å². The maximum atomic E-state index is 8.66. The van der Waals surface area contributed by atoms with Gasteiger partial charge in [0.1, 0.15) is 12.7 Å². The molecule has 0 spiro atoms. The van der Waals surface area contributed by atoms with Crippen molar-refractivity contribution >= 4 is 5.69 Å². The molecule has 0 saturated heterocycles. The zero-order valence-corrected chi connectivity index (χ0v) is 8.20. The van der Waals surface area contributed by atoms with Crippen LogP contribution in [0.5, 0.6) is 0 Å². The SMILES string of the molecule is CN(c1ccc(C#N)cc1)n1cnnc1. The lowest BCUT2D eigenvalue weighted by Gasteiger charge is -2.18. The van der Waals surface area contributed by atoms with Crippen molar-refractivity contribution in [1.29, 1.82) is 5.26 Å². The molecule has 0 unspecified atom stereocenters. The van der Waals surface area contributed by atoms with E-state index >= 15 is 0 Å². The van der Waals surface area contributed by atoms with Crippen LogP contribution in [0.3, 0.4) is 0 Å². The van der Waals surface area contributed by atoms with Crippen LogP contribution in [0.2, 0.25) is 0 Å². The number of anilines is 1. The lowest BCUT2D eigenvalue weighted by Crippen LogP contribution is -2.22. The summed E-state index contributed by atoms with van der Waals surface area (Å²) >= 11 is 0. The van der Waals surface area contributed by atoms with Crippen LogP contribution in [0.4, 0.5) is 5.69 Å². The number of rotatable bonds is 2. The summed E-state index contributed by atoms with van der Waals surface area (Å²) < 4.78 is 1.75. The van der Waals surface area contributed by atoms with Gasteiger partial charge >= 0.3 is 0 Å². The van der Waals surface area contributed by atoms with Crippen LogP contribution < -0.4 is 5.01 Å². The van der Waals surface area contributed by atoms with Crippen LogP contribution in [0.1, 0.15) is 5.56 Å². The number of hydrogen-bond donors (Lipinski definition) is 0. The Hall–Kier alpha value is -2.35. The maximum absolute atomic E-state index is 8.66. The summed E-state index contributed by atoms with van der Waals surface area (Å²) in [7, 11) is 1.89. The van der Waals surface area contributed by atoms with E-state index in [0.717, 1.165) is 5.69 Å². The predicted octanol–water partition coefficient (Wildman–Crippen LogP) is 1.05. The van der Waals surface area contributed by atoms with Crippen LogP contribution in [-0.2, 0) is 0 Å². The zero-order valence-electron chi connectivity index (χ0n) is 8.20. The Bertz CT molecular complexity index is 466. The second-order valence-electron chi connectivity index (χ2n) is 3.02. The summed E-state index contributed by atoms with van der Waals surface area (Å²) in [6, 6.07) is 9.37. The van der Waals surface area contributed by atoms with Crippen LogP contribution >= 0.6 is 0 Å². The monoisotopic (exact) mass is 199 g/mol. The van der Waals surface area contributed by atoms with Gasteiger partial charge < -0.3 is 0 Å². The van der Waals surface area contributed by atoms with Gasteiger partial charge in [-0.05, 0) is 24.3 Å². The molecule has 1 aromatic carbocycles. The average molecular weight is 199 g/mol. The largest absolute Gasteiger partial charge is 0.282 e. The predicted molar refractivity (Wildman–Crippen MR) is 55.0 cm³/mol. The molecule has 0 fully saturated rings. The van der Waals surface area contributed by atoms with Gasteiger partial charge in [0.05, 0.1) is 17.3 Å². The highest BCUT2D eigenvalue weighted by atomic mass is 15.6. The van der Waals surface area contributed by atoms with E-state index in [0.29, 0.717) is 5.56 Å². The quantitative estimate of drug-likeness (QED) is 0.725. The standard InChI is InChI=1S/C10H9N5/c1-14(15-7-12-13-8-15)10-4-2-9(6-11)3-5-10/h2-5,7-8H,1H3. The normalized spacial score (nSPS) is 9.60. The Morgan fingerprint density at radius 1 is 1.20 bits per heavy atom. The Morgan fingerprint density at radius 3 is 2.33 bits per heavy atom. The van der Waals surface area contributed by atoms with E-state index in [1.54, 1.807) is 29.5 Å². The van der Waals surface area contributed by atoms with E-state index in [9.17, 15) is 0 Å². The van der Waals surface area contributed by atoms with Crippen LogP contribution in [0, 0.1) is 11.3 Å². The summed E-state index contributed by atoms with van der Waals surface area (Å²) in [5.41, 5.74) is 1.62. The van der Waals surface area contributed by atoms with Crippen molar-refractivity contribution in [3.8, 4) is 6.07 Å². The summed E-state index contributed by atoms with van der Waals surface area (Å²) in [5.74, 6) is 0. The number of nitrogens with zero attached hydrogens (tertiary/aromatic N) is 5. The summed E-state index contributed by atoms with van der Waals surface area (Å²) in [4.78, 5) is 0. The third-order valence-corrected chi connectivity index (χ3v) is 2.12. The minimum atomic E-state index is 0.649. The van der Waals surface area contributed by atoms with Crippen LogP contribution in [-0.4, -0.2) is 21.9 Å². The number of hydrogen-bond acceptors (Lipinski definition) is 4. The molecule has 0 aliphatic rings. The molecule has 0 aliphatic carbocycles. The smallest absolute Gasteiger partial charge is 0.139 e. The molecule has 74 valence electrons. The van der Waals surface area contributed by atoms with Gasteiger partial charge in [-0.25, -0.2) is 4.68 Å². The Balaban J connectivity index is 2.27. The van der Waals surface area contributed by atoms with Gasteiger partial charge in [-0.1, -0.05) is 0 Å². The Labute approximate surface area is 87.2 Å². The number of aromatic nitrogens is 3. The summed E-state index contributed by atoms with van der Waals surface area (Å²) in [6.07, 6.45) is 3.22. The van der Waals surface area contributed by atoms with Crippen LogP contribution in [0.25, 0.3) is 0 Å². The molecule has 5 heteroatoms. The van der Waals surface area contributed by atoms with Gasteiger partial charge in [-0.3, -0.25) is 5.01 Å². The fraction of sp³-hybridized carbons (Fsp3) is 0.100. The first kappa shape index (κ1) is 9.21. The molecule has 2 rings (SSSR count). The van der Waals surface area contributed by atoms with Gasteiger partial charge in [-0.2, -0.15) is 5.26 Å². The third kappa shape index (κ3) is 1.79. The topological polar surface area (TPSA) is 57.7 Å². The molecule has 0 aliphatic heterocycles. The van der Waals surface area contributed by atoms with E-state index in [1.807, 2.05) is 24.2 Å². The molecule has 2 aromatic rings. The summed E-state index contributed by atoms with van der Waals surface area (Å²) in [5, 5.41) is 18.0. The zero-order chi connectivity index (χ0) is 10.7. The van der Waals surface area contributed by atoms with Crippen molar-refractivity contribution < 1.29 is 0 Å². The first-order chi connectivity index (χ1) is 7.31. The second-order valence-corrected chi connectivity index (χ2v) is 3.02. The Morgan fingerprint density at radius 2 is 1.80 bits per heavy atom. The van der Waals surface area contributed by atoms with Crippen molar-refractivity contribution in [3.63, 3.8) is 0 Å². The van der Waals surface area contributed by atoms with E-state index in [4.69, 9.17) is 5.26 Å². The third-order valence-electron chi connectivity index (χ3n) is 2.12. The molecule has 0 amide bonds. The lowest BCUT2D eigenvalue weighted by molar-refractivity contribution is 0.770. The maximum Gasteiger partial charge on any atom is 0.139 e. The summed E-state index contributed by atoms with van der Waals surface area (Å²) in [6.45, 7) is 0. The molecule has 0 radical (unpaired) electrons. The molecular formula is C10H9N5.